The Bertz CT molecular complexity index is 314. The number of hydrogen-bond donors (Lipinski definition) is 1. The van der Waals surface area contributed by atoms with Gasteiger partial charge in [0.15, 0.2) is 0 Å². The molecule has 1 aromatic heterocycles. The van der Waals surface area contributed by atoms with Crippen molar-refractivity contribution in [3.05, 3.63) is 29.6 Å². The van der Waals surface area contributed by atoms with E-state index in [-0.39, 0.29) is 0 Å². The van der Waals surface area contributed by atoms with Crippen molar-refractivity contribution in [2.24, 2.45) is 0 Å². The summed E-state index contributed by atoms with van der Waals surface area (Å²) in [5.41, 5.74) is 2.71. The SMILES string of the molecule is CC(C)c1cncc(C2CCCCN2)c1. The van der Waals surface area contributed by atoms with E-state index < -0.39 is 0 Å². The molecule has 2 rings (SSSR count). The molecule has 1 aliphatic rings. The van der Waals surface area contributed by atoms with Crippen molar-refractivity contribution in [3.63, 3.8) is 0 Å². The molecule has 2 heterocycles. The minimum atomic E-state index is 0.532. The van der Waals surface area contributed by atoms with Gasteiger partial charge in [0.2, 0.25) is 0 Å². The molecule has 1 atom stereocenters. The molecular weight excluding hydrogens is 184 g/mol. The van der Waals surface area contributed by atoms with Crippen LogP contribution in [0.2, 0.25) is 0 Å². The fourth-order valence-corrected chi connectivity index (χ4v) is 2.12. The minimum Gasteiger partial charge on any atom is -0.310 e. The second kappa shape index (κ2) is 4.75. The number of pyridine rings is 1. The molecule has 0 aliphatic carbocycles. The molecule has 1 saturated heterocycles. The Labute approximate surface area is 92.1 Å². The van der Waals surface area contributed by atoms with Crippen molar-refractivity contribution >= 4 is 0 Å². The number of nitrogens with zero attached hydrogens (tertiary/aromatic N) is 1. The molecule has 0 bridgehead atoms. The lowest BCUT2D eigenvalue weighted by Crippen LogP contribution is -2.26. The Hall–Kier alpha value is -0.890. The van der Waals surface area contributed by atoms with Gasteiger partial charge in [-0.1, -0.05) is 26.3 Å². The molecule has 1 fully saturated rings. The van der Waals surface area contributed by atoms with Gasteiger partial charge >= 0.3 is 0 Å². The molecule has 1 unspecified atom stereocenters. The largest absolute Gasteiger partial charge is 0.310 e. The number of aromatic nitrogens is 1. The average Bonchev–Trinajstić information content (AvgIpc) is 2.30. The van der Waals surface area contributed by atoms with E-state index in [9.17, 15) is 0 Å². The van der Waals surface area contributed by atoms with Crippen molar-refractivity contribution in [2.75, 3.05) is 6.54 Å². The van der Waals surface area contributed by atoms with Crippen LogP contribution in [0.25, 0.3) is 0 Å². The molecule has 0 radical (unpaired) electrons. The Balaban J connectivity index is 2.16. The molecule has 0 aromatic carbocycles. The maximum Gasteiger partial charge on any atom is 0.0335 e. The summed E-state index contributed by atoms with van der Waals surface area (Å²) in [5, 5.41) is 3.56. The van der Waals surface area contributed by atoms with Crippen molar-refractivity contribution in [1.82, 2.24) is 10.3 Å². The summed E-state index contributed by atoms with van der Waals surface area (Å²) >= 11 is 0. The average molecular weight is 204 g/mol. The standard InChI is InChI=1S/C13H20N2/c1-10(2)11-7-12(9-14-8-11)13-5-3-4-6-15-13/h7-10,13,15H,3-6H2,1-2H3. The van der Waals surface area contributed by atoms with E-state index >= 15 is 0 Å². The smallest absolute Gasteiger partial charge is 0.0335 e. The summed E-state index contributed by atoms with van der Waals surface area (Å²) in [6.45, 7) is 5.58. The monoisotopic (exact) mass is 204 g/mol. The summed E-state index contributed by atoms with van der Waals surface area (Å²) in [6.07, 6.45) is 7.90. The summed E-state index contributed by atoms with van der Waals surface area (Å²) in [5.74, 6) is 0.570. The zero-order chi connectivity index (χ0) is 10.7. The van der Waals surface area contributed by atoms with Crippen LogP contribution in [-0.2, 0) is 0 Å². The van der Waals surface area contributed by atoms with E-state index in [2.05, 4.69) is 30.2 Å². The lowest BCUT2D eigenvalue weighted by atomic mass is 9.96. The highest BCUT2D eigenvalue weighted by molar-refractivity contribution is 5.23. The lowest BCUT2D eigenvalue weighted by molar-refractivity contribution is 0.411. The van der Waals surface area contributed by atoms with Crippen LogP contribution < -0.4 is 5.32 Å². The van der Waals surface area contributed by atoms with Gasteiger partial charge in [-0.3, -0.25) is 4.98 Å². The van der Waals surface area contributed by atoms with Gasteiger partial charge in [0, 0.05) is 18.4 Å². The predicted molar refractivity (Wildman–Crippen MR) is 62.9 cm³/mol. The summed E-state index contributed by atoms with van der Waals surface area (Å²) in [4.78, 5) is 4.34. The van der Waals surface area contributed by atoms with Crippen LogP contribution in [0.15, 0.2) is 18.5 Å². The van der Waals surface area contributed by atoms with Crippen LogP contribution in [0.5, 0.6) is 0 Å². The van der Waals surface area contributed by atoms with E-state index in [1.165, 1.54) is 30.4 Å². The zero-order valence-corrected chi connectivity index (χ0v) is 9.66. The molecule has 1 aliphatic heterocycles. The third-order valence-corrected chi connectivity index (χ3v) is 3.16. The summed E-state index contributed by atoms with van der Waals surface area (Å²) in [7, 11) is 0. The van der Waals surface area contributed by atoms with Crippen molar-refractivity contribution in [1.29, 1.82) is 0 Å². The van der Waals surface area contributed by atoms with Gasteiger partial charge in [-0.25, -0.2) is 0 Å². The first-order valence-electron chi connectivity index (χ1n) is 5.95. The van der Waals surface area contributed by atoms with Crippen LogP contribution >= 0.6 is 0 Å². The molecule has 0 saturated carbocycles. The van der Waals surface area contributed by atoms with Gasteiger partial charge in [0.25, 0.3) is 0 Å². The minimum absolute atomic E-state index is 0.532. The van der Waals surface area contributed by atoms with Gasteiger partial charge < -0.3 is 5.32 Å². The lowest BCUT2D eigenvalue weighted by Gasteiger charge is -2.24. The highest BCUT2D eigenvalue weighted by Gasteiger charge is 2.15. The van der Waals surface area contributed by atoms with Crippen LogP contribution in [0, 0.1) is 0 Å². The van der Waals surface area contributed by atoms with Gasteiger partial charge in [-0.15, -0.1) is 0 Å². The van der Waals surface area contributed by atoms with Gasteiger partial charge in [-0.05, 0) is 36.4 Å². The molecule has 1 N–H and O–H groups in total. The molecule has 15 heavy (non-hydrogen) atoms. The maximum absolute atomic E-state index is 4.34. The first kappa shape index (κ1) is 10.6. The fraction of sp³-hybridized carbons (Fsp3) is 0.615. The first-order chi connectivity index (χ1) is 7.27. The topological polar surface area (TPSA) is 24.9 Å². The van der Waals surface area contributed by atoms with Crippen molar-refractivity contribution in [3.8, 4) is 0 Å². The Morgan fingerprint density at radius 1 is 1.33 bits per heavy atom. The van der Waals surface area contributed by atoms with Crippen molar-refractivity contribution < 1.29 is 0 Å². The highest BCUT2D eigenvalue weighted by Crippen LogP contribution is 2.24. The van der Waals surface area contributed by atoms with Gasteiger partial charge in [0.1, 0.15) is 0 Å². The maximum atomic E-state index is 4.34. The molecule has 2 nitrogen and oxygen atoms in total. The van der Waals surface area contributed by atoms with Crippen LogP contribution in [0.4, 0.5) is 0 Å². The molecular formula is C13H20N2. The quantitative estimate of drug-likeness (QED) is 0.801. The molecule has 82 valence electrons. The Morgan fingerprint density at radius 2 is 2.20 bits per heavy atom. The summed E-state index contributed by atoms with van der Waals surface area (Å²) < 4.78 is 0. The van der Waals surface area contributed by atoms with Crippen LogP contribution in [-0.4, -0.2) is 11.5 Å². The summed E-state index contributed by atoms with van der Waals surface area (Å²) in [6, 6.07) is 2.84. The Kier molecular flexibility index (Phi) is 3.37. The van der Waals surface area contributed by atoms with Gasteiger partial charge in [-0.2, -0.15) is 0 Å². The van der Waals surface area contributed by atoms with Crippen LogP contribution in [0.1, 0.15) is 56.2 Å². The predicted octanol–water partition coefficient (Wildman–Crippen LogP) is 3.02. The second-order valence-corrected chi connectivity index (χ2v) is 4.71. The normalized spacial score (nSPS) is 21.9. The van der Waals surface area contributed by atoms with Gasteiger partial charge in [0.05, 0.1) is 0 Å². The second-order valence-electron chi connectivity index (χ2n) is 4.71. The zero-order valence-electron chi connectivity index (χ0n) is 9.66. The Morgan fingerprint density at radius 3 is 2.87 bits per heavy atom. The van der Waals surface area contributed by atoms with Crippen molar-refractivity contribution in [2.45, 2.75) is 45.1 Å². The number of hydrogen-bond acceptors (Lipinski definition) is 2. The van der Waals surface area contributed by atoms with E-state index in [0.29, 0.717) is 12.0 Å². The van der Waals surface area contributed by atoms with E-state index in [0.717, 1.165) is 6.54 Å². The molecule has 0 amide bonds. The van der Waals surface area contributed by atoms with E-state index in [1.807, 2.05) is 12.4 Å². The molecule has 0 spiro atoms. The molecule has 2 heteroatoms. The third-order valence-electron chi connectivity index (χ3n) is 3.16. The first-order valence-corrected chi connectivity index (χ1v) is 5.95. The third kappa shape index (κ3) is 2.57. The molecule has 1 aromatic rings. The van der Waals surface area contributed by atoms with Crippen LogP contribution in [0.3, 0.4) is 0 Å². The number of piperidine rings is 1. The van der Waals surface area contributed by atoms with E-state index in [1.54, 1.807) is 0 Å². The number of nitrogens with one attached hydrogen (secondary N) is 1. The van der Waals surface area contributed by atoms with E-state index in [4.69, 9.17) is 0 Å². The fourth-order valence-electron chi connectivity index (χ4n) is 2.12. The highest BCUT2D eigenvalue weighted by atomic mass is 14.9. The number of rotatable bonds is 2.